The van der Waals surface area contributed by atoms with Gasteiger partial charge in [0.25, 0.3) is 5.69 Å². The van der Waals surface area contributed by atoms with Gasteiger partial charge in [-0.3, -0.25) is 10.1 Å². The molecule has 0 aliphatic carbocycles. The second-order valence-electron chi connectivity index (χ2n) is 4.32. The second-order valence-corrected chi connectivity index (χ2v) is 6.06. The van der Waals surface area contributed by atoms with Crippen LogP contribution in [0.15, 0.2) is 39.6 Å². The van der Waals surface area contributed by atoms with E-state index in [2.05, 4.69) is 4.72 Å². The Morgan fingerprint density at radius 2 is 2.05 bits per heavy atom. The van der Waals surface area contributed by atoms with Gasteiger partial charge in [-0.2, -0.15) is 0 Å². The average molecular weight is 311 g/mol. The maximum Gasteiger partial charge on any atom is 0.289 e. The van der Waals surface area contributed by atoms with E-state index >= 15 is 0 Å². The van der Waals surface area contributed by atoms with Gasteiger partial charge in [-0.15, -0.1) is 0 Å². The van der Waals surface area contributed by atoms with Gasteiger partial charge in [0, 0.05) is 11.8 Å². The quantitative estimate of drug-likeness (QED) is 0.490. The molecule has 0 unspecified atom stereocenters. The molecule has 0 radical (unpaired) electrons. The largest absolute Gasteiger partial charge is 0.465 e. The number of nitrogen functional groups attached to an aromatic ring is 1. The lowest BCUT2D eigenvalue weighted by molar-refractivity contribution is -0.387. The molecule has 0 aliphatic rings. The van der Waals surface area contributed by atoms with E-state index in [-0.39, 0.29) is 12.2 Å². The first-order chi connectivity index (χ1) is 9.79. The highest BCUT2D eigenvalue weighted by Gasteiger charge is 2.26. The van der Waals surface area contributed by atoms with Gasteiger partial charge in [-0.25, -0.2) is 13.1 Å². The summed E-state index contributed by atoms with van der Waals surface area (Å²) < 4.78 is 31.8. The normalized spacial score (nSPS) is 11.5. The number of anilines is 1. The number of nitrogens with one attached hydrogen (secondary N) is 1. The standard InChI is InChI=1S/C12H13N3O5S/c1-8-2-4-10(20-8)7-14-21(18,19)12-6-9(13)3-5-11(12)15(16)17/h2-6,14H,7,13H2,1H3. The minimum atomic E-state index is -4.08. The molecular formula is C12H13N3O5S. The van der Waals surface area contributed by atoms with Gasteiger partial charge in [0.1, 0.15) is 11.5 Å². The van der Waals surface area contributed by atoms with Crippen LogP contribution in [0.25, 0.3) is 0 Å². The first-order valence-corrected chi connectivity index (χ1v) is 7.37. The van der Waals surface area contributed by atoms with Gasteiger partial charge in [0.15, 0.2) is 4.90 Å². The SMILES string of the molecule is Cc1ccc(CNS(=O)(=O)c2cc(N)ccc2[N+](=O)[O-])o1. The van der Waals surface area contributed by atoms with Gasteiger partial charge in [-0.05, 0) is 31.2 Å². The Balaban J connectivity index is 2.31. The van der Waals surface area contributed by atoms with Crippen LogP contribution in [0.2, 0.25) is 0 Å². The molecule has 0 bridgehead atoms. The molecule has 0 fully saturated rings. The van der Waals surface area contributed by atoms with Gasteiger partial charge in [-0.1, -0.05) is 0 Å². The number of nitrogens with two attached hydrogens (primary N) is 1. The molecule has 0 saturated carbocycles. The van der Waals surface area contributed by atoms with Crippen molar-refractivity contribution >= 4 is 21.4 Å². The minimum Gasteiger partial charge on any atom is -0.465 e. The second kappa shape index (κ2) is 5.54. The lowest BCUT2D eigenvalue weighted by atomic mass is 10.3. The summed E-state index contributed by atoms with van der Waals surface area (Å²) in [6, 6.07) is 6.68. The van der Waals surface area contributed by atoms with Crippen LogP contribution in [0.4, 0.5) is 11.4 Å². The smallest absolute Gasteiger partial charge is 0.289 e. The van der Waals surface area contributed by atoms with Crippen LogP contribution in [0.5, 0.6) is 0 Å². The molecule has 0 aliphatic heterocycles. The summed E-state index contributed by atoms with van der Waals surface area (Å²) in [5.74, 6) is 1.04. The monoisotopic (exact) mass is 311 g/mol. The van der Waals surface area contributed by atoms with Crippen LogP contribution in [0.3, 0.4) is 0 Å². The maximum absolute atomic E-state index is 12.2. The van der Waals surface area contributed by atoms with Crippen molar-refractivity contribution < 1.29 is 17.8 Å². The van der Waals surface area contributed by atoms with E-state index < -0.39 is 25.5 Å². The predicted octanol–water partition coefficient (Wildman–Crippen LogP) is 1.56. The first kappa shape index (κ1) is 15.0. The van der Waals surface area contributed by atoms with E-state index in [0.717, 1.165) is 12.1 Å². The van der Waals surface area contributed by atoms with Crippen LogP contribution >= 0.6 is 0 Å². The molecular weight excluding hydrogens is 298 g/mol. The van der Waals surface area contributed by atoms with Crippen molar-refractivity contribution in [3.63, 3.8) is 0 Å². The Morgan fingerprint density at radius 1 is 1.33 bits per heavy atom. The van der Waals surface area contributed by atoms with E-state index in [4.69, 9.17) is 10.2 Å². The van der Waals surface area contributed by atoms with E-state index in [1.165, 1.54) is 6.07 Å². The topological polar surface area (TPSA) is 128 Å². The zero-order valence-corrected chi connectivity index (χ0v) is 11.9. The van der Waals surface area contributed by atoms with Crippen LogP contribution in [-0.2, 0) is 16.6 Å². The number of nitro groups is 1. The van der Waals surface area contributed by atoms with E-state index in [1.807, 2.05) is 0 Å². The lowest BCUT2D eigenvalue weighted by Crippen LogP contribution is -2.24. The Bertz CT molecular complexity index is 782. The van der Waals surface area contributed by atoms with Crippen LogP contribution in [0, 0.1) is 17.0 Å². The van der Waals surface area contributed by atoms with Gasteiger partial charge in [0.2, 0.25) is 10.0 Å². The Morgan fingerprint density at radius 3 is 2.62 bits per heavy atom. The summed E-state index contributed by atoms with van der Waals surface area (Å²) in [5.41, 5.74) is 5.09. The third kappa shape index (κ3) is 3.38. The molecule has 112 valence electrons. The number of hydrogen-bond donors (Lipinski definition) is 2. The highest BCUT2D eigenvalue weighted by atomic mass is 32.2. The fraction of sp³-hybridized carbons (Fsp3) is 0.167. The Hall–Kier alpha value is -2.39. The van der Waals surface area contributed by atoms with E-state index in [9.17, 15) is 18.5 Å². The van der Waals surface area contributed by atoms with Crippen LogP contribution in [-0.4, -0.2) is 13.3 Å². The molecule has 8 nitrogen and oxygen atoms in total. The molecule has 0 atom stereocenters. The van der Waals surface area contributed by atoms with Crippen molar-refractivity contribution in [1.29, 1.82) is 0 Å². The molecule has 0 saturated heterocycles. The first-order valence-electron chi connectivity index (χ1n) is 5.88. The van der Waals surface area contributed by atoms with Gasteiger partial charge >= 0.3 is 0 Å². The summed E-state index contributed by atoms with van der Waals surface area (Å²) in [4.78, 5) is 9.66. The summed E-state index contributed by atoms with van der Waals surface area (Å²) >= 11 is 0. The molecule has 21 heavy (non-hydrogen) atoms. The maximum atomic E-state index is 12.2. The minimum absolute atomic E-state index is 0.109. The van der Waals surface area contributed by atoms with Crippen LogP contribution < -0.4 is 10.5 Å². The fourth-order valence-corrected chi connectivity index (χ4v) is 2.92. The predicted molar refractivity (Wildman–Crippen MR) is 75.0 cm³/mol. The molecule has 3 N–H and O–H groups in total. The highest BCUT2D eigenvalue weighted by molar-refractivity contribution is 7.89. The van der Waals surface area contributed by atoms with E-state index in [0.29, 0.717) is 11.5 Å². The summed E-state index contributed by atoms with van der Waals surface area (Å²) in [6.07, 6.45) is 0. The van der Waals surface area contributed by atoms with Gasteiger partial charge in [0.05, 0.1) is 11.5 Å². The molecule has 1 aromatic heterocycles. The number of benzene rings is 1. The summed E-state index contributed by atoms with van der Waals surface area (Å²) in [5, 5.41) is 10.9. The van der Waals surface area contributed by atoms with Crippen molar-refractivity contribution in [2.24, 2.45) is 0 Å². The molecule has 0 amide bonds. The van der Waals surface area contributed by atoms with Crippen molar-refractivity contribution in [1.82, 2.24) is 4.72 Å². The zero-order valence-electron chi connectivity index (χ0n) is 11.1. The number of furan rings is 1. The summed E-state index contributed by atoms with van der Waals surface area (Å²) in [7, 11) is -4.08. The van der Waals surface area contributed by atoms with E-state index in [1.54, 1.807) is 19.1 Å². The Labute approximate surface area is 120 Å². The van der Waals surface area contributed by atoms with Gasteiger partial charge < -0.3 is 10.2 Å². The van der Waals surface area contributed by atoms with Crippen molar-refractivity contribution in [2.75, 3.05) is 5.73 Å². The molecule has 2 rings (SSSR count). The number of aryl methyl sites for hydroxylation is 1. The number of hydrogen-bond acceptors (Lipinski definition) is 6. The molecule has 1 heterocycles. The number of nitrogens with zero attached hydrogens (tertiary/aromatic N) is 1. The number of rotatable bonds is 5. The van der Waals surface area contributed by atoms with Crippen molar-refractivity contribution in [3.8, 4) is 0 Å². The number of nitro benzene ring substituents is 1. The molecule has 9 heteroatoms. The summed E-state index contributed by atoms with van der Waals surface area (Å²) in [6.45, 7) is 1.61. The zero-order chi connectivity index (χ0) is 15.6. The third-order valence-electron chi connectivity index (χ3n) is 2.70. The van der Waals surface area contributed by atoms with Crippen LogP contribution in [0.1, 0.15) is 11.5 Å². The molecule has 1 aromatic carbocycles. The average Bonchev–Trinajstić information content (AvgIpc) is 2.82. The fourth-order valence-electron chi connectivity index (χ4n) is 1.72. The van der Waals surface area contributed by atoms with Crippen molar-refractivity contribution in [3.05, 3.63) is 52.0 Å². The highest BCUT2D eigenvalue weighted by Crippen LogP contribution is 2.25. The third-order valence-corrected chi connectivity index (χ3v) is 4.13. The van der Waals surface area contributed by atoms with Crippen molar-refractivity contribution in [2.45, 2.75) is 18.4 Å². The lowest BCUT2D eigenvalue weighted by Gasteiger charge is -2.07. The number of sulfonamides is 1. The molecule has 0 spiro atoms. The molecule has 2 aromatic rings. The Kier molecular flexibility index (Phi) is 3.96.